The molecule has 0 unspecified atom stereocenters. The van der Waals surface area contributed by atoms with Crippen LogP contribution in [0.4, 0.5) is 5.69 Å². The lowest BCUT2D eigenvalue weighted by atomic mass is 10.1. The molecule has 0 spiro atoms. The Morgan fingerprint density at radius 1 is 1.08 bits per heavy atom. The van der Waals surface area contributed by atoms with E-state index in [0.717, 1.165) is 5.69 Å². The highest BCUT2D eigenvalue weighted by molar-refractivity contribution is 6.09. The normalized spacial score (nSPS) is 12.6. The summed E-state index contributed by atoms with van der Waals surface area (Å²) in [6.45, 7) is 3.96. The van der Waals surface area contributed by atoms with Crippen LogP contribution in [0.25, 0.3) is 0 Å². The van der Waals surface area contributed by atoms with Crippen LogP contribution in [0.3, 0.4) is 0 Å². The summed E-state index contributed by atoms with van der Waals surface area (Å²) in [6.07, 6.45) is 1.47. The maximum absolute atomic E-state index is 12.5. The second-order valence-electron chi connectivity index (χ2n) is 5.86. The maximum atomic E-state index is 12.5. The average Bonchev–Trinajstić information content (AvgIpc) is 2.57. The first-order valence-corrected chi connectivity index (χ1v) is 7.80. The van der Waals surface area contributed by atoms with Crippen molar-refractivity contribution in [2.45, 2.75) is 13.8 Å². The number of ether oxygens (including phenoxy) is 2. The topological polar surface area (TPSA) is 86.6 Å². The number of anilines is 1. The van der Waals surface area contributed by atoms with Gasteiger partial charge in [-0.1, -0.05) is 0 Å². The Morgan fingerprint density at radius 2 is 1.72 bits per heavy atom. The van der Waals surface area contributed by atoms with E-state index in [2.05, 4.69) is 5.32 Å². The van der Waals surface area contributed by atoms with Gasteiger partial charge in [0.2, 0.25) is 0 Å². The van der Waals surface area contributed by atoms with E-state index in [4.69, 9.17) is 9.47 Å². The van der Waals surface area contributed by atoms with E-state index >= 15 is 0 Å². The van der Waals surface area contributed by atoms with Crippen molar-refractivity contribution in [3.05, 3.63) is 51.4 Å². The van der Waals surface area contributed by atoms with E-state index in [1.807, 2.05) is 0 Å². The Bertz CT molecular complexity index is 930. The van der Waals surface area contributed by atoms with Gasteiger partial charge in [0.15, 0.2) is 22.7 Å². The monoisotopic (exact) mass is 342 g/mol. The number of rotatable bonds is 3. The van der Waals surface area contributed by atoms with Crippen LogP contribution in [0.5, 0.6) is 11.5 Å². The molecule has 1 amide bonds. The number of Topliss-reactive ketones (excluding diaryl/α,β-unsaturated/α-hetero) is 1. The molecule has 3 rings (SSSR count). The van der Waals surface area contributed by atoms with Crippen molar-refractivity contribution in [3.8, 4) is 11.5 Å². The number of pyridine rings is 1. The third-order valence-electron chi connectivity index (χ3n) is 4.04. The first kappa shape index (κ1) is 16.8. The number of benzene rings is 1. The van der Waals surface area contributed by atoms with Crippen LogP contribution in [-0.2, 0) is 7.05 Å². The van der Waals surface area contributed by atoms with E-state index in [1.165, 1.54) is 19.2 Å². The van der Waals surface area contributed by atoms with Crippen molar-refractivity contribution in [2.24, 2.45) is 7.05 Å². The second-order valence-corrected chi connectivity index (χ2v) is 5.86. The zero-order valence-electron chi connectivity index (χ0n) is 14.2. The molecule has 1 aromatic heterocycles. The number of carbonyl (C=O) groups is 2. The molecule has 0 bridgehead atoms. The molecule has 7 nitrogen and oxygen atoms in total. The fourth-order valence-electron chi connectivity index (χ4n) is 2.57. The van der Waals surface area contributed by atoms with Crippen molar-refractivity contribution in [1.82, 2.24) is 4.57 Å². The minimum Gasteiger partial charge on any atom is -0.486 e. The molecule has 0 radical (unpaired) electrons. The van der Waals surface area contributed by atoms with E-state index in [9.17, 15) is 14.4 Å². The number of nitrogens with zero attached hydrogens (tertiary/aromatic N) is 1. The SMILES string of the molecule is CC(=O)c1cc2c(cc1NC(=O)c1cn(C)c(C)cc1=O)OCCO2. The smallest absolute Gasteiger partial charge is 0.261 e. The molecule has 1 N–H and O–H groups in total. The molecule has 0 fully saturated rings. The zero-order valence-corrected chi connectivity index (χ0v) is 14.2. The lowest BCUT2D eigenvalue weighted by Crippen LogP contribution is -2.24. The lowest BCUT2D eigenvalue weighted by molar-refractivity contribution is 0.101. The number of carbonyl (C=O) groups excluding carboxylic acids is 2. The second kappa shape index (κ2) is 6.43. The third-order valence-corrected chi connectivity index (χ3v) is 4.04. The van der Waals surface area contributed by atoms with Gasteiger partial charge in [-0.2, -0.15) is 0 Å². The molecular formula is C18H18N2O5. The fraction of sp³-hybridized carbons (Fsp3) is 0.278. The molecule has 1 aliphatic heterocycles. The van der Waals surface area contributed by atoms with Gasteiger partial charge < -0.3 is 19.4 Å². The third kappa shape index (κ3) is 3.26. The fourth-order valence-corrected chi connectivity index (χ4v) is 2.57. The van der Waals surface area contributed by atoms with Crippen LogP contribution in [0, 0.1) is 6.92 Å². The standard InChI is InChI=1S/C18H18N2O5/c1-10-6-15(22)13(9-20(10)3)18(23)19-14-8-17-16(24-4-5-25-17)7-12(14)11(2)21/h6-9H,4-5H2,1-3H3,(H,19,23). The van der Waals surface area contributed by atoms with Crippen LogP contribution in [0.2, 0.25) is 0 Å². The van der Waals surface area contributed by atoms with Crippen molar-refractivity contribution in [1.29, 1.82) is 0 Å². The summed E-state index contributed by atoms with van der Waals surface area (Å²) in [5.41, 5.74) is 0.934. The predicted octanol–water partition coefficient (Wildman–Crippen LogP) is 1.92. The van der Waals surface area contributed by atoms with Gasteiger partial charge in [-0.05, 0) is 19.9 Å². The highest BCUT2D eigenvalue weighted by Gasteiger charge is 2.20. The summed E-state index contributed by atoms with van der Waals surface area (Å²) >= 11 is 0. The van der Waals surface area contributed by atoms with Gasteiger partial charge in [-0.3, -0.25) is 14.4 Å². The molecule has 0 atom stereocenters. The first-order chi connectivity index (χ1) is 11.9. The van der Waals surface area contributed by atoms with Gasteiger partial charge in [0.05, 0.1) is 5.69 Å². The number of amides is 1. The number of aromatic nitrogens is 1. The van der Waals surface area contributed by atoms with E-state index < -0.39 is 5.91 Å². The summed E-state index contributed by atoms with van der Waals surface area (Å²) in [4.78, 5) is 36.5. The van der Waals surface area contributed by atoms with Crippen molar-refractivity contribution >= 4 is 17.4 Å². The van der Waals surface area contributed by atoms with Crippen LogP contribution in [-0.4, -0.2) is 29.5 Å². The number of hydrogen-bond acceptors (Lipinski definition) is 5. The zero-order chi connectivity index (χ0) is 18.1. The largest absolute Gasteiger partial charge is 0.486 e. The molecule has 2 heterocycles. The molecule has 2 aromatic rings. The number of nitrogens with one attached hydrogen (secondary N) is 1. The van der Waals surface area contributed by atoms with Gasteiger partial charge in [-0.15, -0.1) is 0 Å². The molecule has 1 aliphatic rings. The van der Waals surface area contributed by atoms with E-state index in [1.54, 1.807) is 30.7 Å². The van der Waals surface area contributed by atoms with Gasteiger partial charge in [0.1, 0.15) is 18.8 Å². The Balaban J connectivity index is 1.99. The average molecular weight is 342 g/mol. The van der Waals surface area contributed by atoms with Crippen LogP contribution in [0.15, 0.2) is 29.2 Å². The molecule has 0 aliphatic carbocycles. The molecular weight excluding hydrogens is 324 g/mol. The van der Waals surface area contributed by atoms with Gasteiger partial charge in [-0.25, -0.2) is 0 Å². The van der Waals surface area contributed by atoms with Crippen molar-refractivity contribution in [3.63, 3.8) is 0 Å². The highest BCUT2D eigenvalue weighted by Crippen LogP contribution is 2.36. The summed E-state index contributed by atoms with van der Waals surface area (Å²) in [6, 6.07) is 4.48. The number of hydrogen-bond donors (Lipinski definition) is 1. The quantitative estimate of drug-likeness (QED) is 0.861. The van der Waals surface area contributed by atoms with E-state index in [-0.39, 0.29) is 22.5 Å². The number of fused-ring (bicyclic) bond motifs is 1. The molecule has 0 saturated heterocycles. The number of aryl methyl sites for hydroxylation is 2. The molecule has 130 valence electrons. The van der Waals surface area contributed by atoms with Crippen molar-refractivity contribution < 1.29 is 19.1 Å². The highest BCUT2D eigenvalue weighted by atomic mass is 16.6. The Morgan fingerprint density at radius 3 is 2.36 bits per heavy atom. The molecule has 1 aromatic carbocycles. The summed E-state index contributed by atoms with van der Waals surface area (Å²) < 4.78 is 12.6. The van der Waals surface area contributed by atoms with Crippen molar-refractivity contribution in [2.75, 3.05) is 18.5 Å². The molecule has 25 heavy (non-hydrogen) atoms. The first-order valence-electron chi connectivity index (χ1n) is 7.80. The Kier molecular flexibility index (Phi) is 4.31. The summed E-state index contributed by atoms with van der Waals surface area (Å²) in [5, 5.41) is 2.64. The van der Waals surface area contributed by atoms with Crippen LogP contribution < -0.4 is 20.2 Å². The molecule has 7 heteroatoms. The minimum atomic E-state index is -0.584. The van der Waals surface area contributed by atoms with Crippen LogP contribution in [0.1, 0.15) is 33.3 Å². The lowest BCUT2D eigenvalue weighted by Gasteiger charge is -2.20. The minimum absolute atomic E-state index is 0.00232. The Labute approximate surface area is 144 Å². The van der Waals surface area contributed by atoms with Gasteiger partial charge >= 0.3 is 0 Å². The summed E-state index contributed by atoms with van der Waals surface area (Å²) in [5.74, 6) is 0.0907. The summed E-state index contributed by atoms with van der Waals surface area (Å²) in [7, 11) is 1.75. The van der Waals surface area contributed by atoms with Gasteiger partial charge in [0, 0.05) is 36.6 Å². The Hall–Kier alpha value is -3.09. The molecule has 0 saturated carbocycles. The van der Waals surface area contributed by atoms with Crippen LogP contribution >= 0.6 is 0 Å². The van der Waals surface area contributed by atoms with Gasteiger partial charge in [0.25, 0.3) is 5.91 Å². The van der Waals surface area contributed by atoms with E-state index in [0.29, 0.717) is 30.3 Å². The number of ketones is 1. The maximum Gasteiger partial charge on any atom is 0.261 e. The predicted molar refractivity (Wildman–Crippen MR) is 91.8 cm³/mol.